The maximum Gasteiger partial charge on any atom is 0.276 e. The van der Waals surface area contributed by atoms with Crippen LogP contribution in [-0.2, 0) is 6.54 Å². The van der Waals surface area contributed by atoms with Crippen LogP contribution in [0.15, 0.2) is 53.3 Å². The van der Waals surface area contributed by atoms with E-state index < -0.39 is 5.91 Å². The Morgan fingerprint density at radius 1 is 1.08 bits per heavy atom. The van der Waals surface area contributed by atoms with Crippen molar-refractivity contribution in [3.8, 4) is 0 Å². The molecule has 0 aliphatic carbocycles. The van der Waals surface area contributed by atoms with Crippen molar-refractivity contribution in [2.45, 2.75) is 26.8 Å². The van der Waals surface area contributed by atoms with E-state index in [4.69, 9.17) is 0 Å². The zero-order valence-electron chi connectivity index (χ0n) is 14.7. The predicted octanol–water partition coefficient (Wildman–Crippen LogP) is 3.26. The van der Waals surface area contributed by atoms with Crippen molar-refractivity contribution in [2.24, 2.45) is 0 Å². The van der Waals surface area contributed by atoms with E-state index in [1.54, 1.807) is 48.5 Å². The molecule has 26 heavy (non-hydrogen) atoms. The summed E-state index contributed by atoms with van der Waals surface area (Å²) >= 11 is 0. The van der Waals surface area contributed by atoms with E-state index in [-0.39, 0.29) is 17.0 Å². The molecule has 0 aliphatic rings. The zero-order chi connectivity index (χ0) is 18.7. The van der Waals surface area contributed by atoms with Crippen molar-refractivity contribution < 1.29 is 9.59 Å². The quantitative estimate of drug-likeness (QED) is 0.717. The van der Waals surface area contributed by atoms with Gasteiger partial charge in [-0.25, -0.2) is 4.68 Å². The largest absolute Gasteiger partial charge is 0.321 e. The molecule has 2 aromatic carbocycles. The van der Waals surface area contributed by atoms with Crippen LogP contribution in [-0.4, -0.2) is 21.5 Å². The van der Waals surface area contributed by atoms with Crippen molar-refractivity contribution in [3.05, 3.63) is 70.1 Å². The van der Waals surface area contributed by atoms with Gasteiger partial charge < -0.3 is 5.32 Å². The summed E-state index contributed by atoms with van der Waals surface area (Å²) in [5.41, 5.74) is 0.984. The third-order valence-corrected chi connectivity index (χ3v) is 4.05. The molecule has 0 unspecified atom stereocenters. The number of ketones is 1. The average Bonchev–Trinajstić information content (AvgIpc) is 2.64. The molecule has 3 aromatic rings. The number of nitrogens with one attached hydrogen (secondary N) is 1. The molecule has 0 saturated heterocycles. The van der Waals surface area contributed by atoms with Gasteiger partial charge in [-0.15, -0.1) is 0 Å². The second-order valence-corrected chi connectivity index (χ2v) is 6.01. The smallest absolute Gasteiger partial charge is 0.276 e. The number of nitrogens with zero attached hydrogens (tertiary/aromatic N) is 2. The average molecular weight is 349 g/mol. The number of aromatic nitrogens is 2. The highest BCUT2D eigenvalue weighted by molar-refractivity contribution is 6.11. The number of hydrogen-bond donors (Lipinski definition) is 1. The second kappa shape index (κ2) is 7.31. The first-order chi connectivity index (χ1) is 12.5. The molecule has 0 radical (unpaired) electrons. The molecular formula is C20H19N3O3. The summed E-state index contributed by atoms with van der Waals surface area (Å²) in [4.78, 5) is 36.8. The highest BCUT2D eigenvalue weighted by Crippen LogP contribution is 2.17. The van der Waals surface area contributed by atoms with Crippen LogP contribution in [0.25, 0.3) is 10.8 Å². The van der Waals surface area contributed by atoms with Crippen molar-refractivity contribution in [3.63, 3.8) is 0 Å². The first-order valence-corrected chi connectivity index (χ1v) is 8.43. The lowest BCUT2D eigenvalue weighted by Crippen LogP contribution is -2.27. The fraction of sp³-hybridized carbons (Fsp3) is 0.200. The van der Waals surface area contributed by atoms with Gasteiger partial charge in [0, 0.05) is 23.2 Å². The van der Waals surface area contributed by atoms with Crippen LogP contribution in [0.2, 0.25) is 0 Å². The summed E-state index contributed by atoms with van der Waals surface area (Å²) in [6.45, 7) is 3.84. The van der Waals surface area contributed by atoms with Gasteiger partial charge in [0.2, 0.25) is 0 Å². The molecule has 1 amide bonds. The fourth-order valence-corrected chi connectivity index (χ4v) is 2.77. The van der Waals surface area contributed by atoms with E-state index >= 15 is 0 Å². The van der Waals surface area contributed by atoms with Gasteiger partial charge in [0.25, 0.3) is 11.5 Å². The van der Waals surface area contributed by atoms with Crippen LogP contribution in [0.5, 0.6) is 0 Å². The number of carbonyl (C=O) groups is 2. The van der Waals surface area contributed by atoms with Crippen LogP contribution in [0, 0.1) is 0 Å². The standard InChI is InChI=1S/C20H19N3O3/c1-3-11-23-20(26)17-10-5-4-9-16(17)18(22-23)19(25)21-15-8-6-7-14(12-15)13(2)24/h4-10,12H,3,11H2,1-2H3,(H,21,25). The number of Topliss-reactive ketones (excluding diaryl/α,β-unsaturated/α-hetero) is 1. The minimum atomic E-state index is -0.424. The minimum Gasteiger partial charge on any atom is -0.321 e. The van der Waals surface area contributed by atoms with E-state index in [0.717, 1.165) is 6.42 Å². The van der Waals surface area contributed by atoms with E-state index in [9.17, 15) is 14.4 Å². The van der Waals surface area contributed by atoms with Crippen molar-refractivity contribution in [1.29, 1.82) is 0 Å². The van der Waals surface area contributed by atoms with Crippen LogP contribution in [0.1, 0.15) is 41.1 Å². The predicted molar refractivity (Wildman–Crippen MR) is 101 cm³/mol. The molecule has 0 atom stereocenters. The van der Waals surface area contributed by atoms with Gasteiger partial charge in [-0.1, -0.05) is 37.3 Å². The molecule has 1 heterocycles. The molecule has 1 aromatic heterocycles. The number of anilines is 1. The maximum absolute atomic E-state index is 12.8. The number of benzene rings is 2. The number of aryl methyl sites for hydroxylation is 1. The molecule has 3 rings (SSSR count). The van der Waals surface area contributed by atoms with Crippen LogP contribution in [0.4, 0.5) is 5.69 Å². The van der Waals surface area contributed by atoms with Crippen molar-refractivity contribution in [1.82, 2.24) is 9.78 Å². The number of fused-ring (bicyclic) bond motifs is 1. The molecule has 1 N–H and O–H groups in total. The Labute approximate surface area is 150 Å². The SMILES string of the molecule is CCCn1nc(C(=O)Nc2cccc(C(C)=O)c2)c2ccccc2c1=O. The van der Waals surface area contributed by atoms with Gasteiger partial charge in [0.05, 0.1) is 5.39 Å². The summed E-state index contributed by atoms with van der Waals surface area (Å²) in [6.07, 6.45) is 0.729. The van der Waals surface area contributed by atoms with Gasteiger partial charge in [-0.05, 0) is 31.5 Å². The van der Waals surface area contributed by atoms with Crippen molar-refractivity contribution in [2.75, 3.05) is 5.32 Å². The maximum atomic E-state index is 12.8. The van der Waals surface area contributed by atoms with E-state index in [2.05, 4.69) is 10.4 Å². The Bertz CT molecular complexity index is 1050. The Morgan fingerprint density at radius 3 is 2.50 bits per heavy atom. The van der Waals surface area contributed by atoms with Gasteiger partial charge in [0.1, 0.15) is 0 Å². The summed E-state index contributed by atoms with van der Waals surface area (Å²) in [5.74, 6) is -0.507. The van der Waals surface area contributed by atoms with Crippen LogP contribution in [0.3, 0.4) is 0 Å². The highest BCUT2D eigenvalue weighted by Gasteiger charge is 2.17. The van der Waals surface area contributed by atoms with Gasteiger partial charge in [-0.2, -0.15) is 5.10 Å². The van der Waals surface area contributed by atoms with Crippen molar-refractivity contribution >= 4 is 28.2 Å². The molecule has 6 nitrogen and oxygen atoms in total. The van der Waals surface area contributed by atoms with E-state index in [1.807, 2.05) is 6.92 Å². The normalized spacial score (nSPS) is 10.7. The molecule has 6 heteroatoms. The topological polar surface area (TPSA) is 81.1 Å². The molecule has 0 fully saturated rings. The molecule has 0 saturated carbocycles. The number of hydrogen-bond acceptors (Lipinski definition) is 4. The minimum absolute atomic E-state index is 0.0823. The van der Waals surface area contributed by atoms with Gasteiger partial charge in [-0.3, -0.25) is 14.4 Å². The Morgan fingerprint density at radius 2 is 1.81 bits per heavy atom. The van der Waals surface area contributed by atoms with E-state index in [1.165, 1.54) is 11.6 Å². The van der Waals surface area contributed by atoms with E-state index in [0.29, 0.717) is 28.6 Å². The third kappa shape index (κ3) is 3.39. The monoisotopic (exact) mass is 349 g/mol. The Balaban J connectivity index is 2.05. The first-order valence-electron chi connectivity index (χ1n) is 8.43. The number of carbonyl (C=O) groups excluding carboxylic acids is 2. The molecule has 0 bridgehead atoms. The number of amides is 1. The zero-order valence-corrected chi connectivity index (χ0v) is 14.7. The highest BCUT2D eigenvalue weighted by atomic mass is 16.2. The summed E-state index contributed by atoms with van der Waals surface area (Å²) < 4.78 is 1.32. The summed E-state index contributed by atoms with van der Waals surface area (Å²) in [6, 6.07) is 13.6. The van der Waals surface area contributed by atoms with Gasteiger partial charge in [0.15, 0.2) is 11.5 Å². The molecule has 0 spiro atoms. The Hall–Kier alpha value is -3.28. The summed E-state index contributed by atoms with van der Waals surface area (Å²) in [5, 5.41) is 8.00. The number of rotatable bonds is 5. The lowest BCUT2D eigenvalue weighted by atomic mass is 10.1. The lowest BCUT2D eigenvalue weighted by Gasteiger charge is -2.11. The first kappa shape index (κ1) is 17.5. The Kier molecular flexibility index (Phi) is 4.93. The molecule has 0 aliphatic heterocycles. The van der Waals surface area contributed by atoms with Crippen LogP contribution < -0.4 is 10.9 Å². The van der Waals surface area contributed by atoms with Gasteiger partial charge >= 0.3 is 0 Å². The fourth-order valence-electron chi connectivity index (χ4n) is 2.77. The second-order valence-electron chi connectivity index (χ2n) is 6.01. The molecule has 132 valence electrons. The summed E-state index contributed by atoms with van der Waals surface area (Å²) in [7, 11) is 0. The third-order valence-electron chi connectivity index (χ3n) is 4.05. The lowest BCUT2D eigenvalue weighted by molar-refractivity contribution is 0.100. The molecular weight excluding hydrogens is 330 g/mol. The van der Waals surface area contributed by atoms with Crippen LogP contribution >= 0.6 is 0 Å².